The van der Waals surface area contributed by atoms with Crippen LogP contribution in [-0.2, 0) is 13.1 Å². The lowest BCUT2D eigenvalue weighted by atomic mass is 10.1. The van der Waals surface area contributed by atoms with E-state index in [9.17, 15) is 0 Å². The zero-order chi connectivity index (χ0) is 14.8. The maximum atomic E-state index is 5.80. The Kier molecular flexibility index (Phi) is 4.29. The maximum absolute atomic E-state index is 5.80. The number of nitrogens with two attached hydrogens (primary N) is 1. The lowest BCUT2D eigenvalue weighted by molar-refractivity contribution is 0.227. The highest BCUT2D eigenvalue weighted by atomic mass is 15.2. The van der Waals surface area contributed by atoms with Crippen molar-refractivity contribution in [3.8, 4) is 0 Å². The standard InChI is InChI=1S/C17H26N4/c1-13(2)21-16(12-20-7-5-19-6-8-20)10-15-4-3-14(11-18)9-17(15)21/h3-4,9-10,13,19H,5-8,11-12,18H2,1-2H3. The third kappa shape index (κ3) is 2.98. The van der Waals surface area contributed by atoms with Gasteiger partial charge in [0.15, 0.2) is 0 Å². The quantitative estimate of drug-likeness (QED) is 0.904. The lowest BCUT2D eigenvalue weighted by Gasteiger charge is -2.28. The molecule has 3 N–H and O–H groups in total. The molecule has 0 unspecified atom stereocenters. The van der Waals surface area contributed by atoms with E-state index in [1.807, 2.05) is 0 Å². The van der Waals surface area contributed by atoms with Crippen molar-refractivity contribution < 1.29 is 0 Å². The molecule has 0 aliphatic carbocycles. The van der Waals surface area contributed by atoms with Gasteiger partial charge in [0, 0.05) is 56.5 Å². The van der Waals surface area contributed by atoms with E-state index in [1.165, 1.54) is 22.2 Å². The Morgan fingerprint density at radius 3 is 2.62 bits per heavy atom. The average Bonchev–Trinajstić information content (AvgIpc) is 2.85. The summed E-state index contributed by atoms with van der Waals surface area (Å²) in [6, 6.07) is 9.40. The molecule has 1 aliphatic heterocycles. The largest absolute Gasteiger partial charge is 0.341 e. The molecule has 0 saturated carbocycles. The van der Waals surface area contributed by atoms with Crippen LogP contribution in [-0.4, -0.2) is 35.6 Å². The highest BCUT2D eigenvalue weighted by Crippen LogP contribution is 2.26. The Morgan fingerprint density at radius 2 is 1.95 bits per heavy atom. The SMILES string of the molecule is CC(C)n1c(CN2CCNCC2)cc2ccc(CN)cc21. The summed E-state index contributed by atoms with van der Waals surface area (Å²) in [6.45, 7) is 10.6. The first-order valence-corrected chi connectivity index (χ1v) is 7.95. The molecule has 4 heteroatoms. The monoisotopic (exact) mass is 286 g/mol. The van der Waals surface area contributed by atoms with E-state index in [0.29, 0.717) is 12.6 Å². The van der Waals surface area contributed by atoms with Gasteiger partial charge in [-0.1, -0.05) is 12.1 Å². The van der Waals surface area contributed by atoms with Crippen LogP contribution in [0.1, 0.15) is 31.1 Å². The molecular weight excluding hydrogens is 260 g/mol. The van der Waals surface area contributed by atoms with Gasteiger partial charge in [-0.2, -0.15) is 0 Å². The minimum atomic E-state index is 0.466. The summed E-state index contributed by atoms with van der Waals surface area (Å²) in [5.41, 5.74) is 9.73. The van der Waals surface area contributed by atoms with Crippen LogP contribution in [0.2, 0.25) is 0 Å². The van der Waals surface area contributed by atoms with Crippen LogP contribution in [0.15, 0.2) is 24.3 Å². The number of aromatic nitrogens is 1. The third-order valence-electron chi connectivity index (χ3n) is 4.33. The summed E-state index contributed by atoms with van der Waals surface area (Å²) in [4.78, 5) is 2.54. The average molecular weight is 286 g/mol. The van der Waals surface area contributed by atoms with Crippen molar-refractivity contribution in [1.82, 2.24) is 14.8 Å². The first-order valence-electron chi connectivity index (χ1n) is 7.95. The predicted octanol–water partition coefficient (Wildman–Crippen LogP) is 2.09. The van der Waals surface area contributed by atoms with Gasteiger partial charge < -0.3 is 15.6 Å². The molecule has 4 nitrogen and oxygen atoms in total. The molecule has 1 aromatic heterocycles. The van der Waals surface area contributed by atoms with Crippen molar-refractivity contribution in [3.05, 3.63) is 35.5 Å². The van der Waals surface area contributed by atoms with E-state index in [1.54, 1.807) is 0 Å². The molecule has 0 amide bonds. The highest BCUT2D eigenvalue weighted by molar-refractivity contribution is 5.82. The van der Waals surface area contributed by atoms with Crippen molar-refractivity contribution in [2.45, 2.75) is 33.0 Å². The highest BCUT2D eigenvalue weighted by Gasteiger charge is 2.16. The summed E-state index contributed by atoms with van der Waals surface area (Å²) < 4.78 is 2.47. The van der Waals surface area contributed by atoms with Crippen molar-refractivity contribution >= 4 is 10.9 Å². The molecule has 1 saturated heterocycles. The van der Waals surface area contributed by atoms with Gasteiger partial charge >= 0.3 is 0 Å². The summed E-state index contributed by atoms with van der Waals surface area (Å²) in [5, 5.41) is 4.74. The molecule has 1 fully saturated rings. The van der Waals surface area contributed by atoms with Gasteiger partial charge in [0.2, 0.25) is 0 Å². The van der Waals surface area contributed by atoms with Gasteiger partial charge in [0.05, 0.1) is 0 Å². The first kappa shape index (κ1) is 14.6. The normalized spacial score (nSPS) is 17.0. The smallest absolute Gasteiger partial charge is 0.0488 e. The fraction of sp³-hybridized carbons (Fsp3) is 0.529. The molecule has 0 spiro atoms. The summed E-state index contributed by atoms with van der Waals surface area (Å²) in [7, 11) is 0. The Hall–Kier alpha value is -1.36. The summed E-state index contributed by atoms with van der Waals surface area (Å²) in [6.07, 6.45) is 0. The van der Waals surface area contributed by atoms with E-state index in [0.717, 1.165) is 32.7 Å². The fourth-order valence-corrected chi connectivity index (χ4v) is 3.28. The summed E-state index contributed by atoms with van der Waals surface area (Å²) in [5.74, 6) is 0. The third-order valence-corrected chi connectivity index (χ3v) is 4.33. The molecule has 2 aromatic rings. The molecule has 21 heavy (non-hydrogen) atoms. The van der Waals surface area contributed by atoms with Crippen molar-refractivity contribution in [1.29, 1.82) is 0 Å². The number of hydrogen-bond acceptors (Lipinski definition) is 3. The number of fused-ring (bicyclic) bond motifs is 1. The van der Waals surface area contributed by atoms with E-state index in [2.05, 4.69) is 52.9 Å². The van der Waals surface area contributed by atoms with Crippen LogP contribution in [0.3, 0.4) is 0 Å². The van der Waals surface area contributed by atoms with Crippen LogP contribution in [0.25, 0.3) is 10.9 Å². The second kappa shape index (κ2) is 6.18. The van der Waals surface area contributed by atoms with Crippen molar-refractivity contribution in [2.75, 3.05) is 26.2 Å². The number of hydrogen-bond donors (Lipinski definition) is 2. The second-order valence-corrected chi connectivity index (χ2v) is 6.22. The zero-order valence-corrected chi connectivity index (χ0v) is 13.1. The Bertz CT molecular complexity index is 609. The summed E-state index contributed by atoms with van der Waals surface area (Å²) >= 11 is 0. The van der Waals surface area contributed by atoms with Crippen molar-refractivity contribution in [2.24, 2.45) is 5.73 Å². The minimum Gasteiger partial charge on any atom is -0.341 e. The Labute approximate surface area is 126 Å². The van der Waals surface area contributed by atoms with E-state index in [4.69, 9.17) is 5.73 Å². The van der Waals surface area contributed by atoms with Crippen LogP contribution in [0.5, 0.6) is 0 Å². The second-order valence-electron chi connectivity index (χ2n) is 6.22. The van der Waals surface area contributed by atoms with Crippen LogP contribution in [0, 0.1) is 0 Å². The van der Waals surface area contributed by atoms with Gasteiger partial charge in [-0.05, 0) is 36.9 Å². The van der Waals surface area contributed by atoms with Gasteiger partial charge in [-0.25, -0.2) is 0 Å². The molecule has 0 radical (unpaired) electrons. The topological polar surface area (TPSA) is 46.2 Å². The number of benzene rings is 1. The molecule has 1 aliphatic rings. The number of rotatable bonds is 4. The maximum Gasteiger partial charge on any atom is 0.0488 e. The molecule has 0 bridgehead atoms. The number of nitrogens with zero attached hydrogens (tertiary/aromatic N) is 2. The minimum absolute atomic E-state index is 0.466. The molecule has 2 heterocycles. The van der Waals surface area contributed by atoms with Crippen LogP contribution < -0.4 is 11.1 Å². The predicted molar refractivity (Wildman–Crippen MR) is 88.4 cm³/mol. The van der Waals surface area contributed by atoms with Gasteiger partial charge in [0.1, 0.15) is 0 Å². The van der Waals surface area contributed by atoms with E-state index >= 15 is 0 Å². The van der Waals surface area contributed by atoms with Crippen LogP contribution in [0.4, 0.5) is 0 Å². The van der Waals surface area contributed by atoms with Gasteiger partial charge in [-0.3, -0.25) is 4.90 Å². The van der Waals surface area contributed by atoms with E-state index < -0.39 is 0 Å². The van der Waals surface area contributed by atoms with Gasteiger partial charge in [0.25, 0.3) is 0 Å². The Morgan fingerprint density at radius 1 is 1.19 bits per heavy atom. The van der Waals surface area contributed by atoms with E-state index in [-0.39, 0.29) is 0 Å². The zero-order valence-electron chi connectivity index (χ0n) is 13.1. The fourth-order valence-electron chi connectivity index (χ4n) is 3.28. The lowest BCUT2D eigenvalue weighted by Crippen LogP contribution is -2.43. The van der Waals surface area contributed by atoms with Gasteiger partial charge in [-0.15, -0.1) is 0 Å². The Balaban J connectivity index is 1.98. The number of nitrogens with one attached hydrogen (secondary N) is 1. The molecule has 0 atom stereocenters. The first-order chi connectivity index (χ1) is 10.2. The molecular formula is C17H26N4. The molecule has 114 valence electrons. The van der Waals surface area contributed by atoms with Crippen molar-refractivity contribution in [3.63, 3.8) is 0 Å². The number of piperazine rings is 1. The van der Waals surface area contributed by atoms with Crippen LogP contribution >= 0.6 is 0 Å². The molecule has 1 aromatic carbocycles. The molecule has 3 rings (SSSR count).